The Balaban J connectivity index is 2.07. The van der Waals surface area contributed by atoms with E-state index in [0.29, 0.717) is 0 Å². The smallest absolute Gasteiger partial charge is 0.204 e. The molecule has 4 atom stereocenters. The predicted molar refractivity (Wildman–Crippen MR) is 99.4 cm³/mol. The summed E-state index contributed by atoms with van der Waals surface area (Å²) in [5.74, 6) is -2.97. The Morgan fingerprint density at radius 3 is 2.30 bits per heavy atom. The van der Waals surface area contributed by atoms with Crippen molar-refractivity contribution >= 4 is 21.9 Å². The van der Waals surface area contributed by atoms with Crippen molar-refractivity contribution in [3.63, 3.8) is 0 Å². The highest BCUT2D eigenvalue weighted by molar-refractivity contribution is 5.96. The van der Waals surface area contributed by atoms with E-state index < -0.39 is 76.5 Å². The van der Waals surface area contributed by atoms with Crippen LogP contribution < -0.4 is 5.43 Å². The Morgan fingerprint density at radius 2 is 1.63 bits per heavy atom. The number of aliphatic hydroxyl groups excluding tert-OH is 3. The molecule has 0 radical (unpaired) electrons. The van der Waals surface area contributed by atoms with Crippen LogP contribution in [0.5, 0.6) is 23.0 Å². The first-order valence-electron chi connectivity index (χ1n) is 8.80. The zero-order valence-electron chi connectivity index (χ0n) is 15.2. The second kappa shape index (κ2) is 6.72. The molecule has 2 heterocycles. The standard InChI is InChI=1S/C19H18O11/c20-4-12-18(27)19(28,13(24)5-29-12)15-9(23)3-11-14(17(15)26)16(25)6-1-7(21)8(22)2-10(6)30-11/h1-3,12-13,18,20-24,26-28H,4-5H2/t12-,13+,18-,19-/m1/s1. The third-order valence-corrected chi connectivity index (χ3v) is 5.37. The largest absolute Gasteiger partial charge is 0.507 e. The molecule has 0 saturated carbocycles. The van der Waals surface area contributed by atoms with E-state index in [-0.39, 0.29) is 16.6 Å². The van der Waals surface area contributed by atoms with Crippen molar-refractivity contribution < 1.29 is 50.0 Å². The molecule has 30 heavy (non-hydrogen) atoms. The molecule has 8 N–H and O–H groups in total. The third-order valence-electron chi connectivity index (χ3n) is 5.37. The zero-order valence-corrected chi connectivity index (χ0v) is 15.2. The molecule has 0 aliphatic carbocycles. The number of aliphatic hydroxyl groups is 4. The summed E-state index contributed by atoms with van der Waals surface area (Å²) in [4.78, 5) is 12.9. The molecule has 4 rings (SSSR count). The Bertz CT molecular complexity index is 1220. The summed E-state index contributed by atoms with van der Waals surface area (Å²) in [6.45, 7) is -1.28. The van der Waals surface area contributed by atoms with Crippen LogP contribution in [0.2, 0.25) is 0 Å². The number of benzene rings is 2. The highest BCUT2D eigenvalue weighted by Crippen LogP contribution is 2.47. The lowest BCUT2D eigenvalue weighted by Crippen LogP contribution is -2.61. The molecular weight excluding hydrogens is 404 g/mol. The van der Waals surface area contributed by atoms with Crippen molar-refractivity contribution in [1.82, 2.24) is 0 Å². The van der Waals surface area contributed by atoms with E-state index in [1.165, 1.54) is 0 Å². The van der Waals surface area contributed by atoms with Crippen LogP contribution in [-0.4, -0.2) is 72.4 Å². The van der Waals surface area contributed by atoms with Crippen LogP contribution in [0.3, 0.4) is 0 Å². The van der Waals surface area contributed by atoms with E-state index in [1.807, 2.05) is 0 Å². The third kappa shape index (κ3) is 2.61. The molecule has 2 aromatic carbocycles. The minimum atomic E-state index is -2.70. The lowest BCUT2D eigenvalue weighted by Gasteiger charge is -2.44. The van der Waals surface area contributed by atoms with Crippen LogP contribution in [0, 0.1) is 0 Å². The van der Waals surface area contributed by atoms with Gasteiger partial charge < -0.3 is 50.0 Å². The second-order valence-electron chi connectivity index (χ2n) is 7.10. The van der Waals surface area contributed by atoms with Crippen LogP contribution in [0.25, 0.3) is 21.9 Å². The number of aromatic hydroxyl groups is 4. The van der Waals surface area contributed by atoms with Crippen LogP contribution in [-0.2, 0) is 10.3 Å². The van der Waals surface area contributed by atoms with Gasteiger partial charge in [0.05, 0.1) is 24.2 Å². The highest BCUT2D eigenvalue weighted by atomic mass is 16.5. The van der Waals surface area contributed by atoms with Crippen molar-refractivity contribution in [2.24, 2.45) is 0 Å². The van der Waals surface area contributed by atoms with E-state index in [9.17, 15) is 45.6 Å². The van der Waals surface area contributed by atoms with Crippen molar-refractivity contribution in [1.29, 1.82) is 0 Å². The van der Waals surface area contributed by atoms with Crippen molar-refractivity contribution in [3.8, 4) is 23.0 Å². The molecule has 1 fully saturated rings. The first-order chi connectivity index (χ1) is 14.1. The molecule has 1 aromatic heterocycles. The molecule has 0 amide bonds. The number of rotatable bonds is 2. The fourth-order valence-electron chi connectivity index (χ4n) is 3.78. The Labute approximate surface area is 166 Å². The second-order valence-corrected chi connectivity index (χ2v) is 7.10. The first kappa shape index (κ1) is 20.2. The van der Waals surface area contributed by atoms with E-state index in [1.54, 1.807) is 0 Å². The minimum Gasteiger partial charge on any atom is -0.507 e. The highest BCUT2D eigenvalue weighted by Gasteiger charge is 2.54. The summed E-state index contributed by atoms with van der Waals surface area (Å²) in [5.41, 5.74) is -4.81. The number of ether oxygens (including phenoxy) is 1. The van der Waals surface area contributed by atoms with Gasteiger partial charge in [-0.15, -0.1) is 0 Å². The van der Waals surface area contributed by atoms with Gasteiger partial charge in [0, 0.05) is 12.1 Å². The maximum absolute atomic E-state index is 12.9. The molecule has 160 valence electrons. The first-order valence-corrected chi connectivity index (χ1v) is 8.80. The van der Waals surface area contributed by atoms with Crippen molar-refractivity contribution in [3.05, 3.63) is 34.0 Å². The number of fused-ring (bicyclic) bond motifs is 2. The molecule has 11 heteroatoms. The monoisotopic (exact) mass is 422 g/mol. The van der Waals surface area contributed by atoms with Crippen LogP contribution in [0.1, 0.15) is 5.56 Å². The van der Waals surface area contributed by atoms with E-state index in [0.717, 1.165) is 18.2 Å². The molecule has 0 spiro atoms. The van der Waals surface area contributed by atoms with E-state index >= 15 is 0 Å². The van der Waals surface area contributed by atoms with Crippen molar-refractivity contribution in [2.75, 3.05) is 13.2 Å². The quantitative estimate of drug-likeness (QED) is 0.187. The number of phenols is 4. The summed E-state index contributed by atoms with van der Waals surface area (Å²) >= 11 is 0. The van der Waals surface area contributed by atoms with Gasteiger partial charge in [-0.25, -0.2) is 0 Å². The average molecular weight is 422 g/mol. The number of hydrogen-bond acceptors (Lipinski definition) is 11. The van der Waals surface area contributed by atoms with Gasteiger partial charge in [-0.1, -0.05) is 0 Å². The summed E-state index contributed by atoms with van der Waals surface area (Å²) in [6.07, 6.45) is -5.16. The molecule has 3 aromatic rings. The maximum Gasteiger partial charge on any atom is 0.204 e. The SMILES string of the molecule is O=c1c2cc(O)c(O)cc2oc2cc(O)c([C@@]3(O)[C@H](O)[C@@H](CO)OC[C@@H]3O)c(O)c12. The topological polar surface area (TPSA) is 201 Å². The van der Waals surface area contributed by atoms with E-state index in [4.69, 9.17) is 9.15 Å². The average Bonchev–Trinajstić information content (AvgIpc) is 2.68. The summed E-state index contributed by atoms with van der Waals surface area (Å²) < 4.78 is 10.5. The summed E-state index contributed by atoms with van der Waals surface area (Å²) in [6, 6.07) is 2.77. The van der Waals surface area contributed by atoms with Gasteiger partial charge in [0.15, 0.2) is 17.1 Å². The van der Waals surface area contributed by atoms with Crippen LogP contribution in [0.4, 0.5) is 0 Å². The van der Waals surface area contributed by atoms with E-state index in [2.05, 4.69) is 0 Å². The molecule has 1 aliphatic heterocycles. The fourth-order valence-corrected chi connectivity index (χ4v) is 3.78. The zero-order chi connectivity index (χ0) is 22.0. The van der Waals surface area contributed by atoms with Gasteiger partial charge in [0.25, 0.3) is 0 Å². The molecule has 0 bridgehead atoms. The lowest BCUT2D eigenvalue weighted by molar-refractivity contribution is -0.253. The Morgan fingerprint density at radius 1 is 1.00 bits per heavy atom. The predicted octanol–water partition coefficient (Wildman–Crippen LogP) is -0.931. The van der Waals surface area contributed by atoms with Gasteiger partial charge >= 0.3 is 0 Å². The summed E-state index contributed by atoms with van der Waals surface area (Å²) in [7, 11) is 0. The van der Waals surface area contributed by atoms with Crippen molar-refractivity contribution in [2.45, 2.75) is 23.9 Å². The van der Waals surface area contributed by atoms with Gasteiger partial charge in [-0.2, -0.15) is 0 Å². The van der Waals surface area contributed by atoms with Gasteiger partial charge in [-0.3, -0.25) is 4.79 Å². The number of hydrogen-bond donors (Lipinski definition) is 8. The van der Waals surface area contributed by atoms with Crippen LogP contribution >= 0.6 is 0 Å². The molecule has 1 saturated heterocycles. The lowest BCUT2D eigenvalue weighted by atomic mass is 9.77. The molecule has 1 aliphatic rings. The molecule has 0 unspecified atom stereocenters. The number of phenolic OH excluding ortho intramolecular Hbond substituents is 4. The molecule has 11 nitrogen and oxygen atoms in total. The Hall–Kier alpha value is -3.09. The Kier molecular flexibility index (Phi) is 4.52. The van der Waals surface area contributed by atoms with Crippen LogP contribution in [0.15, 0.2) is 27.4 Å². The molecular formula is C19H18O11. The summed E-state index contributed by atoms with van der Waals surface area (Å²) in [5, 5.41) is 81.0. The maximum atomic E-state index is 12.9. The minimum absolute atomic E-state index is 0.153. The fraction of sp³-hybridized carbons (Fsp3) is 0.316. The van der Waals surface area contributed by atoms with Gasteiger partial charge in [0.1, 0.15) is 46.4 Å². The normalized spacial score (nSPS) is 27.0. The van der Waals surface area contributed by atoms with Gasteiger partial charge in [0.2, 0.25) is 5.43 Å². The van der Waals surface area contributed by atoms with Gasteiger partial charge in [-0.05, 0) is 6.07 Å².